The summed E-state index contributed by atoms with van der Waals surface area (Å²) in [6.07, 6.45) is 0. The van der Waals surface area contributed by atoms with Gasteiger partial charge in [-0.1, -0.05) is 81.7 Å². The molecular formula is C32H38B2N2. The Bertz CT molecular complexity index is 1210. The normalized spacial score (nSPS) is 10.8. The van der Waals surface area contributed by atoms with Crippen LogP contribution in [-0.4, -0.2) is 13.5 Å². The predicted octanol–water partition coefficient (Wildman–Crippen LogP) is 6.55. The van der Waals surface area contributed by atoms with E-state index in [2.05, 4.69) is 139 Å². The lowest BCUT2D eigenvalue weighted by Crippen LogP contribution is -2.64. The highest BCUT2D eigenvalue weighted by molar-refractivity contribution is 7.35. The number of rotatable bonds is 7. The Morgan fingerprint density at radius 1 is 0.417 bits per heavy atom. The van der Waals surface area contributed by atoms with E-state index in [-0.39, 0.29) is 13.5 Å². The Hall–Kier alpha value is -3.39. The van der Waals surface area contributed by atoms with Gasteiger partial charge in [-0.05, 0) is 102 Å². The molecule has 0 fully saturated rings. The Morgan fingerprint density at radius 2 is 0.694 bits per heavy atom. The minimum atomic E-state index is 0.0183. The van der Waals surface area contributed by atoms with E-state index in [1.54, 1.807) is 0 Å². The van der Waals surface area contributed by atoms with Crippen LogP contribution in [0.15, 0.2) is 72.8 Å². The largest absolute Gasteiger partial charge is 0.428 e. The van der Waals surface area contributed by atoms with Crippen LogP contribution in [-0.2, 0) is 0 Å². The fourth-order valence-electron chi connectivity index (χ4n) is 5.50. The molecule has 0 saturated heterocycles. The third-order valence-electron chi connectivity index (χ3n) is 8.00. The van der Waals surface area contributed by atoms with E-state index in [0.717, 1.165) is 11.4 Å². The molecule has 0 unspecified atom stereocenters. The third kappa shape index (κ3) is 5.09. The van der Waals surface area contributed by atoms with E-state index in [1.807, 2.05) is 0 Å². The number of nitrogens with one attached hydrogen (secondary N) is 2. The minimum Gasteiger partial charge on any atom is -0.428 e. The first-order valence-electron chi connectivity index (χ1n) is 13.0. The van der Waals surface area contributed by atoms with Crippen LogP contribution >= 0.6 is 0 Å². The maximum atomic E-state index is 3.98. The molecule has 182 valence electrons. The van der Waals surface area contributed by atoms with Gasteiger partial charge in [0.1, 0.15) is 0 Å². The van der Waals surface area contributed by atoms with Crippen molar-refractivity contribution in [2.24, 2.45) is 0 Å². The molecule has 0 atom stereocenters. The first-order valence-corrected chi connectivity index (χ1v) is 13.0. The van der Waals surface area contributed by atoms with E-state index >= 15 is 0 Å². The van der Waals surface area contributed by atoms with Crippen LogP contribution in [0.5, 0.6) is 0 Å². The standard InChI is InChI=1S/C32H38B2N2/c1-21-19-22(2)26(6)31(25(21)5)33(35-29-15-11-9-12-16-29)34(36-30-17-13-10-14-18-30)32-27(7)23(3)20-24(4)28(32)8/h9-20,35-36H,1-8H3. The van der Waals surface area contributed by atoms with E-state index in [9.17, 15) is 0 Å². The zero-order valence-corrected chi connectivity index (χ0v) is 23.1. The Kier molecular flexibility index (Phi) is 7.64. The molecule has 0 aliphatic carbocycles. The van der Waals surface area contributed by atoms with Crippen molar-refractivity contribution in [3.63, 3.8) is 0 Å². The first-order chi connectivity index (χ1) is 17.2. The van der Waals surface area contributed by atoms with Gasteiger partial charge in [0.05, 0.1) is 0 Å². The maximum absolute atomic E-state index is 3.98. The first kappa shape index (κ1) is 25.7. The highest BCUT2D eigenvalue weighted by Crippen LogP contribution is 2.21. The van der Waals surface area contributed by atoms with Crippen LogP contribution in [0.25, 0.3) is 0 Å². The molecule has 4 rings (SSSR count). The lowest BCUT2D eigenvalue weighted by Gasteiger charge is -2.32. The molecular weight excluding hydrogens is 434 g/mol. The zero-order valence-electron chi connectivity index (χ0n) is 23.1. The number of aryl methyl sites for hydroxylation is 4. The summed E-state index contributed by atoms with van der Waals surface area (Å²) >= 11 is 0. The molecule has 0 heterocycles. The summed E-state index contributed by atoms with van der Waals surface area (Å²) < 4.78 is 0. The van der Waals surface area contributed by atoms with Crippen molar-refractivity contribution in [1.29, 1.82) is 0 Å². The van der Waals surface area contributed by atoms with Crippen LogP contribution in [0, 0.1) is 55.4 Å². The monoisotopic (exact) mass is 472 g/mol. The van der Waals surface area contributed by atoms with Gasteiger partial charge in [0.2, 0.25) is 0 Å². The number of benzene rings is 4. The molecule has 0 aliphatic heterocycles. The molecule has 0 spiro atoms. The van der Waals surface area contributed by atoms with Crippen molar-refractivity contribution in [2.45, 2.75) is 55.4 Å². The molecule has 2 N–H and O–H groups in total. The van der Waals surface area contributed by atoms with Crippen molar-refractivity contribution in [2.75, 3.05) is 10.5 Å². The van der Waals surface area contributed by atoms with Crippen molar-refractivity contribution in [3.8, 4) is 0 Å². The quantitative estimate of drug-likeness (QED) is 0.298. The summed E-state index contributed by atoms with van der Waals surface area (Å²) in [6, 6.07) is 25.9. The van der Waals surface area contributed by atoms with Gasteiger partial charge in [0.15, 0.2) is 0 Å². The highest BCUT2D eigenvalue weighted by Gasteiger charge is 2.39. The molecule has 4 heteroatoms. The van der Waals surface area contributed by atoms with E-state index < -0.39 is 0 Å². The number of hydrogen-bond acceptors (Lipinski definition) is 2. The SMILES string of the molecule is Cc1cc(C)c(C)c(B(Nc2ccccc2)B(Nc2ccccc2)c2c(C)c(C)cc(C)c2C)c1C. The second-order valence-electron chi connectivity index (χ2n) is 10.3. The second kappa shape index (κ2) is 10.7. The molecule has 0 radical (unpaired) electrons. The molecule has 0 bridgehead atoms. The summed E-state index contributed by atoms with van der Waals surface area (Å²) in [6.45, 7) is 18.1. The van der Waals surface area contributed by atoms with Gasteiger partial charge >= 0.3 is 0 Å². The number of anilines is 2. The van der Waals surface area contributed by atoms with E-state index in [1.165, 1.54) is 55.4 Å². The van der Waals surface area contributed by atoms with Crippen molar-refractivity contribution < 1.29 is 0 Å². The van der Waals surface area contributed by atoms with Gasteiger partial charge < -0.3 is 10.5 Å². The summed E-state index contributed by atoms with van der Waals surface area (Å²) in [5, 5.41) is 7.96. The van der Waals surface area contributed by atoms with E-state index in [4.69, 9.17) is 0 Å². The van der Waals surface area contributed by atoms with Crippen LogP contribution in [0.2, 0.25) is 0 Å². The molecule has 4 aromatic carbocycles. The smallest absolute Gasteiger partial charge is 0.282 e. The molecule has 0 saturated carbocycles. The van der Waals surface area contributed by atoms with Crippen molar-refractivity contribution in [3.05, 3.63) is 117 Å². The summed E-state index contributed by atoms with van der Waals surface area (Å²) in [5.74, 6) is 0. The van der Waals surface area contributed by atoms with Gasteiger partial charge in [-0.3, -0.25) is 0 Å². The predicted molar refractivity (Wildman–Crippen MR) is 162 cm³/mol. The molecule has 0 aliphatic rings. The molecule has 4 aromatic rings. The summed E-state index contributed by atoms with van der Waals surface area (Å²) in [7, 11) is 0. The maximum Gasteiger partial charge on any atom is 0.282 e. The average Bonchev–Trinajstić information content (AvgIpc) is 2.86. The second-order valence-corrected chi connectivity index (χ2v) is 10.3. The van der Waals surface area contributed by atoms with Gasteiger partial charge in [0.25, 0.3) is 13.5 Å². The lowest BCUT2D eigenvalue weighted by atomic mass is 9.15. The Morgan fingerprint density at radius 3 is 0.972 bits per heavy atom. The van der Waals surface area contributed by atoms with Crippen molar-refractivity contribution in [1.82, 2.24) is 0 Å². The topological polar surface area (TPSA) is 24.1 Å². The third-order valence-corrected chi connectivity index (χ3v) is 8.00. The highest BCUT2D eigenvalue weighted by atomic mass is 14.8. The van der Waals surface area contributed by atoms with Crippen LogP contribution in [0.4, 0.5) is 11.4 Å². The van der Waals surface area contributed by atoms with Gasteiger partial charge in [-0.15, -0.1) is 0 Å². The molecule has 0 aromatic heterocycles. The molecule has 36 heavy (non-hydrogen) atoms. The average molecular weight is 472 g/mol. The summed E-state index contributed by atoms with van der Waals surface area (Å²) in [5.41, 5.74) is 15.8. The minimum absolute atomic E-state index is 0.0183. The van der Waals surface area contributed by atoms with Crippen LogP contribution in [0.3, 0.4) is 0 Å². The number of para-hydroxylation sites is 2. The molecule has 0 amide bonds. The fraction of sp³-hybridized carbons (Fsp3) is 0.250. The van der Waals surface area contributed by atoms with E-state index in [0.29, 0.717) is 0 Å². The molecule has 2 nitrogen and oxygen atoms in total. The Labute approximate surface area is 218 Å². The summed E-state index contributed by atoms with van der Waals surface area (Å²) in [4.78, 5) is 0. The van der Waals surface area contributed by atoms with Gasteiger partial charge in [-0.25, -0.2) is 0 Å². The van der Waals surface area contributed by atoms with Crippen molar-refractivity contribution >= 4 is 35.8 Å². The van der Waals surface area contributed by atoms with Crippen LogP contribution < -0.4 is 21.4 Å². The Balaban J connectivity index is 2.02. The van der Waals surface area contributed by atoms with Crippen LogP contribution in [0.1, 0.15) is 44.5 Å². The zero-order chi connectivity index (χ0) is 26.0. The fourth-order valence-corrected chi connectivity index (χ4v) is 5.50. The lowest BCUT2D eigenvalue weighted by molar-refractivity contribution is 1.26. The number of hydrogen-bond donors (Lipinski definition) is 2. The van der Waals surface area contributed by atoms with Gasteiger partial charge in [-0.2, -0.15) is 0 Å². The van der Waals surface area contributed by atoms with Gasteiger partial charge in [0, 0.05) is 11.4 Å².